The minimum absolute atomic E-state index is 0.517. The number of rotatable bonds is 7. The van der Waals surface area contributed by atoms with Gasteiger partial charge in [0.2, 0.25) is 0 Å². The van der Waals surface area contributed by atoms with Gasteiger partial charge in [-0.1, -0.05) is 32.8 Å². The maximum absolute atomic E-state index is 5.78. The van der Waals surface area contributed by atoms with Crippen LogP contribution in [0.1, 0.15) is 45.1 Å². The Morgan fingerprint density at radius 3 is 2.60 bits per heavy atom. The van der Waals surface area contributed by atoms with Crippen LogP contribution in [0.3, 0.4) is 0 Å². The number of nitrogens with one attached hydrogen (secondary N) is 1. The second kappa shape index (κ2) is 7.53. The summed E-state index contributed by atoms with van der Waals surface area (Å²) in [6, 6.07) is 6.92. The molecule has 1 saturated carbocycles. The lowest BCUT2D eigenvalue weighted by atomic mass is 10.1. The molecule has 0 spiro atoms. The van der Waals surface area contributed by atoms with E-state index in [2.05, 4.69) is 31.3 Å². The maximum Gasteiger partial charge on any atom is 0.161 e. The van der Waals surface area contributed by atoms with Crippen molar-refractivity contribution in [3.8, 4) is 11.5 Å². The fourth-order valence-corrected chi connectivity index (χ4v) is 2.59. The number of ether oxygens (including phenoxy) is 2. The first-order chi connectivity index (χ1) is 9.69. The van der Waals surface area contributed by atoms with Crippen LogP contribution in [-0.2, 0) is 6.54 Å². The molecule has 112 valence electrons. The van der Waals surface area contributed by atoms with E-state index in [1.165, 1.54) is 31.2 Å². The van der Waals surface area contributed by atoms with E-state index in [0.717, 1.165) is 24.7 Å². The van der Waals surface area contributed by atoms with Gasteiger partial charge in [-0.15, -0.1) is 0 Å². The molecule has 3 heteroatoms. The van der Waals surface area contributed by atoms with E-state index >= 15 is 0 Å². The van der Waals surface area contributed by atoms with Crippen LogP contribution in [0.5, 0.6) is 11.5 Å². The van der Waals surface area contributed by atoms with Crippen molar-refractivity contribution in [1.82, 2.24) is 5.32 Å². The van der Waals surface area contributed by atoms with Crippen molar-refractivity contribution in [2.45, 2.75) is 52.1 Å². The lowest BCUT2D eigenvalue weighted by molar-refractivity contribution is 0.256. The Hall–Kier alpha value is -1.22. The molecule has 0 heterocycles. The smallest absolute Gasteiger partial charge is 0.161 e. The summed E-state index contributed by atoms with van der Waals surface area (Å²) in [5, 5.41) is 3.62. The molecule has 0 unspecified atom stereocenters. The quantitative estimate of drug-likeness (QED) is 0.823. The van der Waals surface area contributed by atoms with Gasteiger partial charge in [0, 0.05) is 12.6 Å². The average Bonchev–Trinajstić information content (AvgIpc) is 2.96. The minimum atomic E-state index is 0.517. The van der Waals surface area contributed by atoms with Gasteiger partial charge in [0.15, 0.2) is 11.5 Å². The van der Waals surface area contributed by atoms with Crippen LogP contribution < -0.4 is 14.8 Å². The van der Waals surface area contributed by atoms with Crippen LogP contribution in [0.25, 0.3) is 0 Å². The molecule has 1 aliphatic rings. The highest BCUT2D eigenvalue weighted by Gasteiger charge is 2.14. The number of methoxy groups -OCH3 is 1. The van der Waals surface area contributed by atoms with Gasteiger partial charge in [-0.3, -0.25) is 0 Å². The molecule has 0 saturated heterocycles. The van der Waals surface area contributed by atoms with Crippen LogP contribution in [0.4, 0.5) is 0 Å². The zero-order chi connectivity index (χ0) is 14.4. The van der Waals surface area contributed by atoms with Gasteiger partial charge >= 0.3 is 0 Å². The summed E-state index contributed by atoms with van der Waals surface area (Å²) in [6.45, 7) is 5.92. The zero-order valence-electron chi connectivity index (χ0n) is 12.9. The Labute approximate surface area is 122 Å². The van der Waals surface area contributed by atoms with Crippen LogP contribution in [0.15, 0.2) is 18.2 Å². The molecule has 0 atom stereocenters. The molecule has 0 radical (unpaired) electrons. The summed E-state index contributed by atoms with van der Waals surface area (Å²) in [6.07, 6.45) is 5.35. The lowest BCUT2D eigenvalue weighted by Crippen LogP contribution is -2.25. The number of hydrogen-bond donors (Lipinski definition) is 1. The fourth-order valence-electron chi connectivity index (χ4n) is 2.59. The van der Waals surface area contributed by atoms with Crippen molar-refractivity contribution < 1.29 is 9.47 Å². The van der Waals surface area contributed by atoms with E-state index < -0.39 is 0 Å². The molecule has 1 aromatic carbocycles. The molecule has 2 rings (SSSR count). The first kappa shape index (κ1) is 15.2. The third-order valence-corrected chi connectivity index (χ3v) is 3.75. The Bertz CT molecular complexity index is 411. The molecular formula is C17H27NO2. The molecule has 0 aromatic heterocycles. The number of benzene rings is 1. The molecule has 0 amide bonds. The molecule has 1 fully saturated rings. The minimum Gasteiger partial charge on any atom is -0.493 e. The summed E-state index contributed by atoms with van der Waals surface area (Å²) in [5.41, 5.74) is 1.26. The molecule has 20 heavy (non-hydrogen) atoms. The van der Waals surface area contributed by atoms with Gasteiger partial charge in [-0.05, 0) is 36.5 Å². The molecule has 1 N–H and O–H groups in total. The van der Waals surface area contributed by atoms with E-state index in [1.54, 1.807) is 7.11 Å². The summed E-state index contributed by atoms with van der Waals surface area (Å²) in [7, 11) is 1.70. The van der Waals surface area contributed by atoms with E-state index in [9.17, 15) is 0 Å². The van der Waals surface area contributed by atoms with Crippen LogP contribution in [0.2, 0.25) is 0 Å². The summed E-state index contributed by atoms with van der Waals surface area (Å²) < 4.78 is 11.2. The topological polar surface area (TPSA) is 30.5 Å². The van der Waals surface area contributed by atoms with Crippen LogP contribution in [-0.4, -0.2) is 19.8 Å². The second-order valence-corrected chi connectivity index (χ2v) is 6.05. The monoisotopic (exact) mass is 277 g/mol. The lowest BCUT2D eigenvalue weighted by Gasteiger charge is -2.15. The largest absolute Gasteiger partial charge is 0.493 e. The van der Waals surface area contributed by atoms with Gasteiger partial charge in [-0.25, -0.2) is 0 Å². The molecule has 0 aliphatic heterocycles. The SMILES string of the molecule is COc1cc(CNC2CCCC2)ccc1OCC(C)C. The van der Waals surface area contributed by atoms with Gasteiger partial charge in [0.1, 0.15) is 0 Å². The highest BCUT2D eigenvalue weighted by atomic mass is 16.5. The van der Waals surface area contributed by atoms with Crippen molar-refractivity contribution >= 4 is 0 Å². The standard InChI is InChI=1S/C17H27NO2/c1-13(2)12-20-16-9-8-14(10-17(16)19-3)11-18-15-6-4-5-7-15/h8-10,13,15,18H,4-7,11-12H2,1-3H3. The van der Waals surface area contributed by atoms with E-state index in [1.807, 2.05) is 6.07 Å². The molecular weight excluding hydrogens is 250 g/mol. The Morgan fingerprint density at radius 2 is 1.95 bits per heavy atom. The predicted octanol–water partition coefficient (Wildman–Crippen LogP) is 3.76. The summed E-state index contributed by atoms with van der Waals surface area (Å²) >= 11 is 0. The van der Waals surface area contributed by atoms with Gasteiger partial charge in [0.05, 0.1) is 13.7 Å². The predicted molar refractivity (Wildman–Crippen MR) is 82.4 cm³/mol. The molecule has 0 bridgehead atoms. The van der Waals surface area contributed by atoms with Gasteiger partial charge < -0.3 is 14.8 Å². The van der Waals surface area contributed by atoms with E-state index in [4.69, 9.17) is 9.47 Å². The van der Waals surface area contributed by atoms with Crippen LogP contribution in [0, 0.1) is 5.92 Å². The zero-order valence-corrected chi connectivity index (χ0v) is 12.9. The number of hydrogen-bond acceptors (Lipinski definition) is 3. The first-order valence-electron chi connectivity index (χ1n) is 7.72. The van der Waals surface area contributed by atoms with E-state index in [-0.39, 0.29) is 0 Å². The third kappa shape index (κ3) is 4.41. The molecule has 1 aliphatic carbocycles. The third-order valence-electron chi connectivity index (χ3n) is 3.75. The van der Waals surface area contributed by atoms with Crippen molar-refractivity contribution in [1.29, 1.82) is 0 Å². The second-order valence-electron chi connectivity index (χ2n) is 6.05. The van der Waals surface area contributed by atoms with Gasteiger partial charge in [0.25, 0.3) is 0 Å². The van der Waals surface area contributed by atoms with Crippen molar-refractivity contribution in [3.05, 3.63) is 23.8 Å². The normalized spacial score (nSPS) is 15.8. The Kier molecular flexibility index (Phi) is 5.72. The molecule has 3 nitrogen and oxygen atoms in total. The highest BCUT2D eigenvalue weighted by Crippen LogP contribution is 2.28. The fraction of sp³-hybridized carbons (Fsp3) is 0.647. The average molecular weight is 277 g/mol. The Balaban J connectivity index is 1.93. The summed E-state index contributed by atoms with van der Waals surface area (Å²) in [5.74, 6) is 2.19. The van der Waals surface area contributed by atoms with Crippen molar-refractivity contribution in [3.63, 3.8) is 0 Å². The van der Waals surface area contributed by atoms with Gasteiger partial charge in [-0.2, -0.15) is 0 Å². The first-order valence-corrected chi connectivity index (χ1v) is 7.72. The van der Waals surface area contributed by atoms with Crippen LogP contribution >= 0.6 is 0 Å². The van der Waals surface area contributed by atoms with E-state index in [0.29, 0.717) is 12.0 Å². The molecule has 1 aromatic rings. The maximum atomic E-state index is 5.78. The highest BCUT2D eigenvalue weighted by molar-refractivity contribution is 5.43. The van der Waals surface area contributed by atoms with Crippen molar-refractivity contribution in [2.75, 3.05) is 13.7 Å². The van der Waals surface area contributed by atoms with Crippen molar-refractivity contribution in [2.24, 2.45) is 5.92 Å². The Morgan fingerprint density at radius 1 is 1.20 bits per heavy atom. The summed E-state index contributed by atoms with van der Waals surface area (Å²) in [4.78, 5) is 0.